The van der Waals surface area contributed by atoms with Crippen LogP contribution in [0, 0.1) is 6.92 Å². The topological polar surface area (TPSA) is 53.8 Å². The molecular formula is C15H17N3OS. The average molecular weight is 287 g/mol. The second kappa shape index (κ2) is 5.79. The number of amidine groups is 1. The van der Waals surface area contributed by atoms with E-state index in [0.717, 1.165) is 25.0 Å². The molecule has 1 saturated heterocycles. The number of benzene rings is 1. The highest BCUT2D eigenvalue weighted by atomic mass is 32.2. The van der Waals surface area contributed by atoms with Crippen molar-refractivity contribution < 1.29 is 4.79 Å². The molecule has 5 heteroatoms. The van der Waals surface area contributed by atoms with Gasteiger partial charge in [0.05, 0.1) is 11.5 Å². The summed E-state index contributed by atoms with van der Waals surface area (Å²) < 4.78 is 0. The van der Waals surface area contributed by atoms with Crippen LogP contribution in [0.25, 0.3) is 0 Å². The summed E-state index contributed by atoms with van der Waals surface area (Å²) >= 11 is 1.41. The molecule has 1 fully saturated rings. The number of nitrogens with zero attached hydrogens (tertiary/aromatic N) is 2. The van der Waals surface area contributed by atoms with E-state index in [-0.39, 0.29) is 5.91 Å². The summed E-state index contributed by atoms with van der Waals surface area (Å²) in [4.78, 5) is 11.1. The third-order valence-corrected chi connectivity index (χ3v) is 4.40. The molecule has 0 aromatic heterocycles. The van der Waals surface area contributed by atoms with Crippen molar-refractivity contribution in [1.29, 1.82) is 0 Å². The zero-order valence-electron chi connectivity index (χ0n) is 11.5. The molecule has 0 atom stereocenters. The van der Waals surface area contributed by atoms with Gasteiger partial charge in [-0.1, -0.05) is 29.5 Å². The van der Waals surface area contributed by atoms with Crippen molar-refractivity contribution in [2.24, 2.45) is 10.2 Å². The first kappa shape index (κ1) is 13.4. The van der Waals surface area contributed by atoms with Crippen molar-refractivity contribution >= 4 is 28.5 Å². The van der Waals surface area contributed by atoms with Gasteiger partial charge in [-0.2, -0.15) is 5.10 Å². The van der Waals surface area contributed by atoms with Crippen LogP contribution in [0.15, 0.2) is 28.4 Å². The minimum atomic E-state index is 0.00561. The van der Waals surface area contributed by atoms with E-state index in [4.69, 9.17) is 0 Å². The first-order chi connectivity index (χ1) is 9.72. The molecule has 1 aliphatic carbocycles. The monoisotopic (exact) mass is 287 g/mol. The van der Waals surface area contributed by atoms with Crippen molar-refractivity contribution in [3.8, 4) is 0 Å². The summed E-state index contributed by atoms with van der Waals surface area (Å²) in [5.41, 5.74) is 4.86. The lowest BCUT2D eigenvalue weighted by Crippen LogP contribution is -2.19. The zero-order chi connectivity index (χ0) is 13.9. The van der Waals surface area contributed by atoms with Crippen LogP contribution in [0.2, 0.25) is 0 Å². The van der Waals surface area contributed by atoms with Crippen LogP contribution in [0.5, 0.6) is 0 Å². The number of fused-ring (bicyclic) bond motifs is 1. The molecule has 0 radical (unpaired) electrons. The molecular weight excluding hydrogens is 270 g/mol. The summed E-state index contributed by atoms with van der Waals surface area (Å²) in [6.45, 7) is 2.10. The number of carbonyl (C=O) groups excluding carboxylic acids is 1. The van der Waals surface area contributed by atoms with E-state index in [9.17, 15) is 4.79 Å². The van der Waals surface area contributed by atoms with Gasteiger partial charge in [-0.25, -0.2) is 0 Å². The van der Waals surface area contributed by atoms with Gasteiger partial charge < -0.3 is 5.32 Å². The van der Waals surface area contributed by atoms with E-state index in [1.54, 1.807) is 0 Å². The Labute approximate surface area is 122 Å². The summed E-state index contributed by atoms with van der Waals surface area (Å²) in [5.74, 6) is 0.449. The predicted molar refractivity (Wildman–Crippen MR) is 83.3 cm³/mol. The minimum absolute atomic E-state index is 0.00561. The lowest BCUT2D eigenvalue weighted by Gasteiger charge is -2.07. The van der Waals surface area contributed by atoms with Crippen LogP contribution in [0.3, 0.4) is 0 Å². The van der Waals surface area contributed by atoms with Crippen LogP contribution in [0.4, 0.5) is 0 Å². The van der Waals surface area contributed by atoms with Gasteiger partial charge in [-0.3, -0.25) is 4.79 Å². The second-order valence-corrected chi connectivity index (χ2v) is 6.12. The Morgan fingerprint density at radius 3 is 2.85 bits per heavy atom. The van der Waals surface area contributed by atoms with Gasteiger partial charge in [0.15, 0.2) is 5.17 Å². The maximum atomic E-state index is 11.1. The van der Waals surface area contributed by atoms with Gasteiger partial charge in [0, 0.05) is 5.56 Å². The highest BCUT2D eigenvalue weighted by molar-refractivity contribution is 8.15. The van der Waals surface area contributed by atoms with E-state index >= 15 is 0 Å². The smallest absolute Gasteiger partial charge is 0.236 e. The Balaban J connectivity index is 1.93. The quantitative estimate of drug-likeness (QED) is 0.637. The summed E-state index contributed by atoms with van der Waals surface area (Å²) in [6.07, 6.45) is 4.39. The maximum absolute atomic E-state index is 11.1. The summed E-state index contributed by atoms with van der Waals surface area (Å²) in [7, 11) is 0. The Hall–Kier alpha value is -1.62. The number of hydrogen-bond donors (Lipinski definition) is 1. The molecule has 3 rings (SSSR count). The van der Waals surface area contributed by atoms with E-state index in [2.05, 4.69) is 40.6 Å². The van der Waals surface area contributed by atoms with Crippen LogP contribution >= 0.6 is 11.8 Å². The lowest BCUT2D eigenvalue weighted by atomic mass is 9.99. The molecule has 0 unspecified atom stereocenters. The third-order valence-electron chi connectivity index (χ3n) is 3.53. The normalized spacial score (nSPS) is 22.8. The predicted octanol–water partition coefficient (Wildman–Crippen LogP) is 2.64. The molecule has 0 saturated carbocycles. The highest BCUT2D eigenvalue weighted by Gasteiger charge is 2.17. The van der Waals surface area contributed by atoms with Crippen LogP contribution in [-0.4, -0.2) is 22.5 Å². The average Bonchev–Trinajstić information content (AvgIpc) is 2.74. The van der Waals surface area contributed by atoms with Crippen molar-refractivity contribution in [1.82, 2.24) is 5.32 Å². The molecule has 1 N–H and O–H groups in total. The molecule has 1 amide bonds. The first-order valence-electron chi connectivity index (χ1n) is 6.89. The van der Waals surface area contributed by atoms with Crippen LogP contribution in [-0.2, 0) is 11.2 Å². The number of carbonyl (C=O) groups is 1. The molecule has 1 aliphatic heterocycles. The zero-order valence-corrected chi connectivity index (χ0v) is 12.3. The molecule has 1 aromatic carbocycles. The number of rotatable bonds is 1. The number of aryl methyl sites for hydroxylation is 2. The molecule has 20 heavy (non-hydrogen) atoms. The number of nitrogens with one attached hydrogen (secondary N) is 1. The van der Waals surface area contributed by atoms with Crippen molar-refractivity contribution in [2.75, 3.05) is 5.75 Å². The van der Waals surface area contributed by atoms with Gasteiger partial charge >= 0.3 is 0 Å². The number of amides is 1. The van der Waals surface area contributed by atoms with Gasteiger partial charge in [-0.05, 0) is 44.2 Å². The largest absolute Gasteiger partial charge is 0.303 e. The number of thioether (sulfide) groups is 1. The maximum Gasteiger partial charge on any atom is 0.236 e. The first-order valence-corrected chi connectivity index (χ1v) is 7.88. The molecule has 0 spiro atoms. The van der Waals surface area contributed by atoms with Crippen molar-refractivity contribution in [3.05, 3.63) is 34.9 Å². The summed E-state index contributed by atoms with van der Waals surface area (Å²) in [5, 5.41) is 11.9. The van der Waals surface area contributed by atoms with Crippen molar-refractivity contribution in [2.45, 2.75) is 32.6 Å². The van der Waals surface area contributed by atoms with Gasteiger partial charge in [0.25, 0.3) is 0 Å². The second-order valence-electron chi connectivity index (χ2n) is 5.16. The molecule has 104 valence electrons. The van der Waals surface area contributed by atoms with Crippen LogP contribution < -0.4 is 5.32 Å². The molecule has 1 heterocycles. The van der Waals surface area contributed by atoms with E-state index < -0.39 is 0 Å². The van der Waals surface area contributed by atoms with Gasteiger partial charge in [-0.15, -0.1) is 5.10 Å². The SMILES string of the molecule is Cc1ccc2c(c1)/C(=N/N=C1\NC(=O)CS1)CCCC2. The number of hydrogen-bond acceptors (Lipinski definition) is 4. The molecule has 1 aromatic rings. The van der Waals surface area contributed by atoms with Gasteiger partial charge in [0.1, 0.15) is 0 Å². The fourth-order valence-electron chi connectivity index (χ4n) is 2.51. The van der Waals surface area contributed by atoms with E-state index in [1.165, 1.54) is 34.9 Å². The molecule has 4 nitrogen and oxygen atoms in total. The lowest BCUT2D eigenvalue weighted by molar-refractivity contribution is -0.116. The van der Waals surface area contributed by atoms with Crippen LogP contribution in [0.1, 0.15) is 36.0 Å². The minimum Gasteiger partial charge on any atom is -0.303 e. The van der Waals surface area contributed by atoms with E-state index in [0.29, 0.717) is 10.9 Å². The molecule has 2 aliphatic rings. The molecule has 0 bridgehead atoms. The van der Waals surface area contributed by atoms with E-state index in [1.807, 2.05) is 0 Å². The third kappa shape index (κ3) is 2.93. The fraction of sp³-hybridized carbons (Fsp3) is 0.400. The standard InChI is InChI=1S/C15H17N3OS/c1-10-6-7-11-4-2-3-5-13(12(11)8-10)17-18-15-16-14(19)9-20-15/h6-8H,2-5,9H2,1H3,(H,16,18,19)/b17-13+. The van der Waals surface area contributed by atoms with Gasteiger partial charge in [0.2, 0.25) is 5.91 Å². The fourth-order valence-corrected chi connectivity index (χ4v) is 3.13. The Morgan fingerprint density at radius 1 is 1.20 bits per heavy atom. The Bertz CT molecular complexity index is 607. The Kier molecular flexibility index (Phi) is 3.87. The van der Waals surface area contributed by atoms with Crippen molar-refractivity contribution in [3.63, 3.8) is 0 Å². The highest BCUT2D eigenvalue weighted by Crippen LogP contribution is 2.23. The Morgan fingerprint density at radius 2 is 2.05 bits per heavy atom. The summed E-state index contributed by atoms with van der Waals surface area (Å²) in [6, 6.07) is 6.55.